The van der Waals surface area contributed by atoms with Crippen molar-refractivity contribution >= 4 is 17.5 Å². The summed E-state index contributed by atoms with van der Waals surface area (Å²) in [7, 11) is 1.77. The molecule has 0 fully saturated rings. The summed E-state index contributed by atoms with van der Waals surface area (Å²) in [6, 6.07) is 11.7. The Labute approximate surface area is 170 Å². The van der Waals surface area contributed by atoms with Crippen molar-refractivity contribution in [3.63, 3.8) is 0 Å². The summed E-state index contributed by atoms with van der Waals surface area (Å²) in [5.41, 5.74) is 0.647. The Morgan fingerprint density at radius 3 is 2.21 bits per heavy atom. The first-order valence-electron chi connectivity index (χ1n) is 9.33. The summed E-state index contributed by atoms with van der Waals surface area (Å²) in [6.45, 7) is 5.91. The van der Waals surface area contributed by atoms with Crippen LogP contribution in [0.1, 0.15) is 26.3 Å². The maximum absolute atomic E-state index is 13.4. The standard InChI is InChI=1S/C22H27F2N3O2/c1-22(2,3)27(14-20(28)25-19-10-8-17(23)9-11-19)21(29)15-26(4)13-16-6-5-7-18(24)12-16/h5-12H,13-15H2,1-4H3,(H,25,28). The third-order valence-electron chi connectivity index (χ3n) is 4.29. The molecular formula is C22H27F2N3O2. The highest BCUT2D eigenvalue weighted by Gasteiger charge is 2.29. The molecular weight excluding hydrogens is 376 g/mol. The van der Waals surface area contributed by atoms with Gasteiger partial charge < -0.3 is 10.2 Å². The van der Waals surface area contributed by atoms with Gasteiger partial charge in [-0.3, -0.25) is 14.5 Å². The average Bonchev–Trinajstić information content (AvgIpc) is 2.60. The molecule has 0 aromatic heterocycles. The Morgan fingerprint density at radius 2 is 1.62 bits per heavy atom. The summed E-state index contributed by atoms with van der Waals surface area (Å²) in [5.74, 6) is -1.30. The zero-order valence-electron chi connectivity index (χ0n) is 17.2. The molecule has 0 aliphatic carbocycles. The van der Waals surface area contributed by atoms with E-state index in [0.717, 1.165) is 5.56 Å². The highest BCUT2D eigenvalue weighted by Crippen LogP contribution is 2.16. The SMILES string of the molecule is CN(CC(=O)N(CC(=O)Nc1ccc(F)cc1)C(C)(C)C)Cc1cccc(F)c1. The maximum Gasteiger partial charge on any atom is 0.244 e. The van der Waals surface area contributed by atoms with Gasteiger partial charge in [0.05, 0.1) is 6.54 Å². The van der Waals surface area contributed by atoms with E-state index in [0.29, 0.717) is 12.2 Å². The van der Waals surface area contributed by atoms with Crippen LogP contribution in [0.3, 0.4) is 0 Å². The van der Waals surface area contributed by atoms with Crippen molar-refractivity contribution in [3.8, 4) is 0 Å². The van der Waals surface area contributed by atoms with E-state index in [1.165, 1.54) is 41.3 Å². The highest BCUT2D eigenvalue weighted by atomic mass is 19.1. The van der Waals surface area contributed by atoms with Crippen LogP contribution in [0.15, 0.2) is 48.5 Å². The molecule has 1 N–H and O–H groups in total. The lowest BCUT2D eigenvalue weighted by Crippen LogP contribution is -2.52. The molecule has 0 bridgehead atoms. The van der Waals surface area contributed by atoms with Crippen LogP contribution in [-0.4, -0.2) is 47.3 Å². The molecule has 0 saturated carbocycles. The Morgan fingerprint density at radius 1 is 0.966 bits per heavy atom. The Hall–Kier alpha value is -2.80. The maximum atomic E-state index is 13.4. The van der Waals surface area contributed by atoms with Crippen molar-refractivity contribution in [1.29, 1.82) is 0 Å². The molecule has 0 aliphatic heterocycles. The number of hydrogen-bond acceptors (Lipinski definition) is 3. The van der Waals surface area contributed by atoms with Crippen LogP contribution in [0, 0.1) is 11.6 Å². The molecule has 156 valence electrons. The number of hydrogen-bond donors (Lipinski definition) is 1. The first kappa shape index (κ1) is 22.5. The predicted octanol–water partition coefficient (Wildman–Crippen LogP) is 3.66. The second-order valence-corrected chi connectivity index (χ2v) is 8.01. The van der Waals surface area contributed by atoms with E-state index < -0.39 is 11.4 Å². The normalized spacial score (nSPS) is 11.4. The molecule has 2 rings (SSSR count). The second-order valence-electron chi connectivity index (χ2n) is 8.01. The Balaban J connectivity index is 1.99. The van der Waals surface area contributed by atoms with Gasteiger partial charge in [-0.1, -0.05) is 12.1 Å². The van der Waals surface area contributed by atoms with Gasteiger partial charge in [-0.2, -0.15) is 0 Å². The summed E-state index contributed by atoms with van der Waals surface area (Å²) in [4.78, 5) is 28.6. The summed E-state index contributed by atoms with van der Waals surface area (Å²) in [6.07, 6.45) is 0. The van der Waals surface area contributed by atoms with E-state index in [4.69, 9.17) is 0 Å². The van der Waals surface area contributed by atoms with Gasteiger partial charge >= 0.3 is 0 Å². The molecule has 0 spiro atoms. The summed E-state index contributed by atoms with van der Waals surface area (Å²) < 4.78 is 26.4. The lowest BCUT2D eigenvalue weighted by atomic mass is 10.1. The van der Waals surface area contributed by atoms with E-state index in [1.54, 1.807) is 24.1 Å². The molecule has 0 saturated heterocycles. The van der Waals surface area contributed by atoms with Gasteiger partial charge in [0.1, 0.15) is 18.2 Å². The third kappa shape index (κ3) is 7.27. The van der Waals surface area contributed by atoms with Crippen LogP contribution < -0.4 is 5.32 Å². The molecule has 7 heteroatoms. The van der Waals surface area contributed by atoms with Gasteiger partial charge in [0.15, 0.2) is 0 Å². The molecule has 29 heavy (non-hydrogen) atoms. The predicted molar refractivity (Wildman–Crippen MR) is 109 cm³/mol. The molecule has 2 aromatic rings. The van der Waals surface area contributed by atoms with Crippen LogP contribution in [0.5, 0.6) is 0 Å². The largest absolute Gasteiger partial charge is 0.327 e. The molecule has 0 radical (unpaired) electrons. The molecule has 5 nitrogen and oxygen atoms in total. The van der Waals surface area contributed by atoms with E-state index in [2.05, 4.69) is 5.32 Å². The first-order valence-corrected chi connectivity index (χ1v) is 9.33. The van der Waals surface area contributed by atoms with Crippen LogP contribution in [0.25, 0.3) is 0 Å². The van der Waals surface area contributed by atoms with Crippen LogP contribution in [0.4, 0.5) is 14.5 Å². The number of carbonyl (C=O) groups excluding carboxylic acids is 2. The number of halogens is 2. The molecule has 2 aromatic carbocycles. The van der Waals surface area contributed by atoms with Crippen molar-refractivity contribution in [2.45, 2.75) is 32.9 Å². The van der Waals surface area contributed by atoms with Crippen molar-refractivity contribution < 1.29 is 18.4 Å². The number of carbonyl (C=O) groups is 2. The van der Waals surface area contributed by atoms with E-state index >= 15 is 0 Å². The lowest BCUT2D eigenvalue weighted by molar-refractivity contribution is -0.140. The Bertz CT molecular complexity index is 848. The van der Waals surface area contributed by atoms with Gasteiger partial charge in [-0.05, 0) is 69.8 Å². The van der Waals surface area contributed by atoms with Crippen LogP contribution in [0.2, 0.25) is 0 Å². The molecule has 0 heterocycles. The average molecular weight is 403 g/mol. The summed E-state index contributed by atoms with van der Waals surface area (Å²) >= 11 is 0. The molecule has 2 amide bonds. The number of anilines is 1. The van der Waals surface area contributed by atoms with Crippen molar-refractivity contribution in [3.05, 3.63) is 65.7 Å². The van der Waals surface area contributed by atoms with Crippen molar-refractivity contribution in [2.24, 2.45) is 0 Å². The number of nitrogens with zero attached hydrogens (tertiary/aromatic N) is 2. The third-order valence-corrected chi connectivity index (χ3v) is 4.29. The number of nitrogens with one attached hydrogen (secondary N) is 1. The number of rotatable bonds is 7. The first-order chi connectivity index (χ1) is 13.5. The quantitative estimate of drug-likeness (QED) is 0.768. The van der Waals surface area contributed by atoms with Crippen LogP contribution >= 0.6 is 0 Å². The monoisotopic (exact) mass is 403 g/mol. The van der Waals surface area contributed by atoms with Gasteiger partial charge in [-0.15, -0.1) is 0 Å². The molecule has 0 atom stereocenters. The smallest absolute Gasteiger partial charge is 0.244 e. The van der Waals surface area contributed by atoms with Gasteiger partial charge in [-0.25, -0.2) is 8.78 Å². The number of likely N-dealkylation sites (N-methyl/N-ethyl adjacent to an activating group) is 1. The fourth-order valence-electron chi connectivity index (χ4n) is 2.90. The van der Waals surface area contributed by atoms with Crippen LogP contribution in [-0.2, 0) is 16.1 Å². The number of benzene rings is 2. The fraction of sp³-hybridized carbons (Fsp3) is 0.364. The molecule has 0 unspecified atom stereocenters. The van der Waals surface area contributed by atoms with Gasteiger partial charge in [0, 0.05) is 17.8 Å². The second kappa shape index (κ2) is 9.60. The fourth-order valence-corrected chi connectivity index (χ4v) is 2.90. The van der Waals surface area contributed by atoms with Gasteiger partial charge in [0.2, 0.25) is 11.8 Å². The minimum Gasteiger partial charge on any atom is -0.327 e. The minimum absolute atomic E-state index is 0.0810. The van der Waals surface area contributed by atoms with E-state index in [-0.39, 0.29) is 30.7 Å². The zero-order chi connectivity index (χ0) is 21.6. The van der Waals surface area contributed by atoms with Crippen molar-refractivity contribution in [2.75, 3.05) is 25.5 Å². The highest BCUT2D eigenvalue weighted by molar-refractivity contribution is 5.95. The van der Waals surface area contributed by atoms with E-state index in [1.807, 2.05) is 20.8 Å². The molecule has 0 aliphatic rings. The lowest BCUT2D eigenvalue weighted by Gasteiger charge is -2.36. The number of amides is 2. The Kier molecular flexibility index (Phi) is 7.45. The minimum atomic E-state index is -0.573. The van der Waals surface area contributed by atoms with Crippen molar-refractivity contribution in [1.82, 2.24) is 9.80 Å². The van der Waals surface area contributed by atoms with E-state index in [9.17, 15) is 18.4 Å². The summed E-state index contributed by atoms with van der Waals surface area (Å²) in [5, 5.41) is 2.67. The topological polar surface area (TPSA) is 52.7 Å². The zero-order valence-corrected chi connectivity index (χ0v) is 17.2. The van der Waals surface area contributed by atoms with Gasteiger partial charge in [0.25, 0.3) is 0 Å².